The third kappa shape index (κ3) is 2.59. The molecule has 2 rings (SSSR count). The molecule has 0 saturated carbocycles. The lowest BCUT2D eigenvalue weighted by atomic mass is 10.3. The standard InChI is InChI=1S/C11H19N3O3S/c1-9-8-17-4-3-14(9)18(15,16)11-5-10(6-12-2)13-7-11/h5,7,9,12-13H,3-4,6,8H2,1-2H3. The van der Waals surface area contributed by atoms with Crippen LogP contribution in [0.5, 0.6) is 0 Å². The molecular weight excluding hydrogens is 254 g/mol. The average Bonchev–Trinajstić information content (AvgIpc) is 2.79. The van der Waals surface area contributed by atoms with E-state index in [1.165, 1.54) is 4.31 Å². The van der Waals surface area contributed by atoms with Crippen molar-refractivity contribution in [3.63, 3.8) is 0 Å². The van der Waals surface area contributed by atoms with E-state index in [0.717, 1.165) is 5.69 Å². The van der Waals surface area contributed by atoms with E-state index >= 15 is 0 Å². The van der Waals surface area contributed by atoms with E-state index in [2.05, 4.69) is 10.3 Å². The van der Waals surface area contributed by atoms with E-state index in [4.69, 9.17) is 4.74 Å². The van der Waals surface area contributed by atoms with Gasteiger partial charge in [0, 0.05) is 31.0 Å². The zero-order chi connectivity index (χ0) is 13.2. The number of nitrogens with zero attached hydrogens (tertiary/aromatic N) is 1. The van der Waals surface area contributed by atoms with Crippen LogP contribution in [0.15, 0.2) is 17.2 Å². The van der Waals surface area contributed by atoms with Gasteiger partial charge < -0.3 is 15.0 Å². The summed E-state index contributed by atoms with van der Waals surface area (Å²) in [5.74, 6) is 0. The molecule has 18 heavy (non-hydrogen) atoms. The Kier molecular flexibility index (Phi) is 4.06. The lowest BCUT2D eigenvalue weighted by Gasteiger charge is -2.31. The summed E-state index contributed by atoms with van der Waals surface area (Å²) in [6.45, 7) is 3.80. The first-order valence-electron chi connectivity index (χ1n) is 5.97. The minimum Gasteiger partial charge on any atom is -0.378 e. The van der Waals surface area contributed by atoms with Gasteiger partial charge in [0.2, 0.25) is 10.0 Å². The molecule has 102 valence electrons. The van der Waals surface area contributed by atoms with Crippen molar-refractivity contribution >= 4 is 10.0 Å². The second-order valence-electron chi connectivity index (χ2n) is 4.43. The molecule has 2 heterocycles. The third-order valence-electron chi connectivity index (χ3n) is 3.00. The number of rotatable bonds is 4. The Bertz CT molecular complexity index is 497. The molecule has 1 aliphatic heterocycles. The molecule has 1 fully saturated rings. The van der Waals surface area contributed by atoms with Crippen molar-refractivity contribution in [1.82, 2.24) is 14.6 Å². The third-order valence-corrected chi connectivity index (χ3v) is 4.99. The Morgan fingerprint density at radius 3 is 3.06 bits per heavy atom. The van der Waals surface area contributed by atoms with Gasteiger partial charge in [0.15, 0.2) is 0 Å². The minimum absolute atomic E-state index is 0.119. The lowest BCUT2D eigenvalue weighted by molar-refractivity contribution is 0.0393. The van der Waals surface area contributed by atoms with Gasteiger partial charge in [-0.3, -0.25) is 0 Å². The lowest BCUT2D eigenvalue weighted by Crippen LogP contribution is -2.46. The van der Waals surface area contributed by atoms with Crippen molar-refractivity contribution in [2.45, 2.75) is 24.4 Å². The van der Waals surface area contributed by atoms with E-state index in [1.54, 1.807) is 12.3 Å². The fourth-order valence-electron chi connectivity index (χ4n) is 2.06. The predicted octanol–water partition coefficient (Wildman–Crippen LogP) is 0.144. The number of hydrogen-bond acceptors (Lipinski definition) is 4. The van der Waals surface area contributed by atoms with Crippen LogP contribution >= 0.6 is 0 Å². The predicted molar refractivity (Wildman–Crippen MR) is 67.7 cm³/mol. The minimum atomic E-state index is -3.41. The molecule has 6 nitrogen and oxygen atoms in total. The molecule has 1 unspecified atom stereocenters. The van der Waals surface area contributed by atoms with Gasteiger partial charge in [-0.2, -0.15) is 4.31 Å². The maximum atomic E-state index is 12.4. The van der Waals surface area contributed by atoms with Gasteiger partial charge in [0.25, 0.3) is 0 Å². The fraction of sp³-hybridized carbons (Fsp3) is 0.636. The first-order valence-corrected chi connectivity index (χ1v) is 7.41. The summed E-state index contributed by atoms with van der Waals surface area (Å²) in [7, 11) is -1.60. The molecule has 0 aliphatic carbocycles. The zero-order valence-electron chi connectivity index (χ0n) is 10.6. The second kappa shape index (κ2) is 5.40. The maximum absolute atomic E-state index is 12.4. The van der Waals surface area contributed by atoms with Crippen molar-refractivity contribution in [2.75, 3.05) is 26.8 Å². The van der Waals surface area contributed by atoms with Crippen LogP contribution in [0.4, 0.5) is 0 Å². The van der Waals surface area contributed by atoms with Crippen molar-refractivity contribution < 1.29 is 13.2 Å². The van der Waals surface area contributed by atoms with Crippen LogP contribution in [0.25, 0.3) is 0 Å². The number of sulfonamides is 1. The molecule has 0 bridgehead atoms. The molecule has 1 aromatic rings. The molecule has 1 aromatic heterocycles. The van der Waals surface area contributed by atoms with Crippen molar-refractivity contribution in [2.24, 2.45) is 0 Å². The van der Waals surface area contributed by atoms with Gasteiger partial charge >= 0.3 is 0 Å². The fourth-order valence-corrected chi connectivity index (χ4v) is 3.68. The van der Waals surface area contributed by atoms with Crippen molar-refractivity contribution in [3.05, 3.63) is 18.0 Å². The summed E-state index contributed by atoms with van der Waals surface area (Å²) < 4.78 is 31.7. The Hall–Kier alpha value is -0.890. The van der Waals surface area contributed by atoms with Gasteiger partial charge in [-0.1, -0.05) is 0 Å². The van der Waals surface area contributed by atoms with Crippen LogP contribution in [-0.2, 0) is 21.3 Å². The van der Waals surface area contributed by atoms with E-state index in [-0.39, 0.29) is 6.04 Å². The van der Waals surface area contributed by atoms with Crippen LogP contribution < -0.4 is 5.32 Å². The first-order chi connectivity index (χ1) is 8.55. The molecule has 0 radical (unpaired) electrons. The summed E-state index contributed by atoms with van der Waals surface area (Å²) in [5.41, 5.74) is 0.858. The van der Waals surface area contributed by atoms with Crippen LogP contribution in [0.2, 0.25) is 0 Å². The zero-order valence-corrected chi connectivity index (χ0v) is 11.5. The SMILES string of the molecule is CNCc1cc(S(=O)(=O)N2CCOCC2C)c[nH]1. The molecule has 1 saturated heterocycles. The van der Waals surface area contributed by atoms with Gasteiger partial charge in [-0.25, -0.2) is 8.42 Å². The molecule has 2 N–H and O–H groups in total. The summed E-state index contributed by atoms with van der Waals surface area (Å²) in [5, 5.41) is 2.98. The Morgan fingerprint density at radius 2 is 2.39 bits per heavy atom. The summed E-state index contributed by atoms with van der Waals surface area (Å²) >= 11 is 0. The molecule has 1 atom stereocenters. The Morgan fingerprint density at radius 1 is 1.61 bits per heavy atom. The van der Waals surface area contributed by atoms with Crippen molar-refractivity contribution in [3.8, 4) is 0 Å². The molecule has 0 spiro atoms. The largest absolute Gasteiger partial charge is 0.378 e. The highest BCUT2D eigenvalue weighted by atomic mass is 32.2. The molecule has 0 amide bonds. The number of ether oxygens (including phenoxy) is 1. The summed E-state index contributed by atoms with van der Waals surface area (Å²) in [6, 6.07) is 1.56. The average molecular weight is 273 g/mol. The number of nitrogens with one attached hydrogen (secondary N) is 2. The molecule has 7 heteroatoms. The molecule has 0 aromatic carbocycles. The van der Waals surface area contributed by atoms with Crippen LogP contribution in [0, 0.1) is 0 Å². The van der Waals surface area contributed by atoms with Crippen molar-refractivity contribution in [1.29, 1.82) is 0 Å². The summed E-state index contributed by atoms with van der Waals surface area (Å²) in [4.78, 5) is 3.29. The van der Waals surface area contributed by atoms with Crippen LogP contribution in [0.1, 0.15) is 12.6 Å². The van der Waals surface area contributed by atoms with Gasteiger partial charge in [0.05, 0.1) is 18.1 Å². The highest BCUT2D eigenvalue weighted by Crippen LogP contribution is 2.21. The van der Waals surface area contributed by atoms with Crippen LogP contribution in [-0.4, -0.2) is 50.6 Å². The van der Waals surface area contributed by atoms with Gasteiger partial charge in [-0.15, -0.1) is 0 Å². The summed E-state index contributed by atoms with van der Waals surface area (Å²) in [6.07, 6.45) is 1.55. The van der Waals surface area contributed by atoms with Gasteiger partial charge in [-0.05, 0) is 20.0 Å². The second-order valence-corrected chi connectivity index (χ2v) is 6.32. The van der Waals surface area contributed by atoms with Crippen LogP contribution in [0.3, 0.4) is 0 Å². The monoisotopic (exact) mass is 273 g/mol. The number of morpholine rings is 1. The normalized spacial score (nSPS) is 22.2. The van der Waals surface area contributed by atoms with E-state index in [1.807, 2.05) is 14.0 Å². The van der Waals surface area contributed by atoms with E-state index in [9.17, 15) is 8.42 Å². The first kappa shape index (κ1) is 13.5. The quantitative estimate of drug-likeness (QED) is 0.818. The highest BCUT2D eigenvalue weighted by molar-refractivity contribution is 7.89. The topological polar surface area (TPSA) is 74.4 Å². The smallest absolute Gasteiger partial charge is 0.244 e. The number of hydrogen-bond donors (Lipinski definition) is 2. The number of aromatic nitrogens is 1. The Balaban J connectivity index is 2.23. The number of aromatic amines is 1. The molecular formula is C11H19N3O3S. The molecule has 1 aliphatic rings. The van der Waals surface area contributed by atoms with Gasteiger partial charge in [0.1, 0.15) is 0 Å². The number of H-pyrrole nitrogens is 1. The Labute approximate surface area is 107 Å². The maximum Gasteiger partial charge on any atom is 0.244 e. The van der Waals surface area contributed by atoms with E-state index in [0.29, 0.717) is 31.2 Å². The highest BCUT2D eigenvalue weighted by Gasteiger charge is 2.31. The van der Waals surface area contributed by atoms with E-state index < -0.39 is 10.0 Å².